The zero-order valence-electron chi connectivity index (χ0n) is 10.9. The average Bonchev–Trinajstić information content (AvgIpc) is 3.17. The number of nitrogens with one attached hydrogen (secondary N) is 1. The van der Waals surface area contributed by atoms with E-state index in [-0.39, 0.29) is 0 Å². The Kier molecular flexibility index (Phi) is 3.81. The molecular weight excluding hydrogens is 262 g/mol. The smallest absolute Gasteiger partial charge is 0.347 e. The number of carboxylic acids is 1. The van der Waals surface area contributed by atoms with Crippen molar-refractivity contribution < 1.29 is 9.90 Å². The van der Waals surface area contributed by atoms with Crippen molar-refractivity contribution in [3.05, 3.63) is 15.6 Å². The minimum absolute atomic E-state index is 0.412. The summed E-state index contributed by atoms with van der Waals surface area (Å²) >= 11 is 1.37. The molecule has 0 aromatic carbocycles. The molecule has 1 saturated heterocycles. The fourth-order valence-electron chi connectivity index (χ4n) is 2.46. The van der Waals surface area contributed by atoms with E-state index in [9.17, 15) is 9.90 Å². The van der Waals surface area contributed by atoms with Crippen LogP contribution in [-0.4, -0.2) is 53.7 Å². The summed E-state index contributed by atoms with van der Waals surface area (Å²) in [5, 5.41) is 13.5. The van der Waals surface area contributed by atoms with E-state index in [1.165, 1.54) is 11.3 Å². The number of hydrogen-bond donors (Lipinski definition) is 2. The van der Waals surface area contributed by atoms with Gasteiger partial charge >= 0.3 is 5.97 Å². The third-order valence-corrected chi connectivity index (χ3v) is 4.83. The van der Waals surface area contributed by atoms with E-state index in [1.54, 1.807) is 0 Å². The first-order valence-electron chi connectivity index (χ1n) is 6.90. The van der Waals surface area contributed by atoms with Crippen LogP contribution in [0.4, 0.5) is 0 Å². The highest BCUT2D eigenvalue weighted by Gasteiger charge is 2.32. The summed E-state index contributed by atoms with van der Waals surface area (Å²) in [5.74, 6) is -0.400. The lowest BCUT2D eigenvalue weighted by Crippen LogP contribution is -2.44. The van der Waals surface area contributed by atoms with Gasteiger partial charge < -0.3 is 15.3 Å². The van der Waals surface area contributed by atoms with E-state index in [0.29, 0.717) is 10.8 Å². The van der Waals surface area contributed by atoms with Crippen LogP contribution >= 0.6 is 11.3 Å². The van der Waals surface area contributed by atoms with Crippen LogP contribution in [0.5, 0.6) is 0 Å². The Hall–Kier alpha value is -0.980. The van der Waals surface area contributed by atoms with Crippen LogP contribution in [0.1, 0.15) is 39.1 Å². The van der Waals surface area contributed by atoms with E-state index >= 15 is 0 Å². The van der Waals surface area contributed by atoms with E-state index in [1.807, 2.05) is 0 Å². The van der Waals surface area contributed by atoms with Gasteiger partial charge in [0.05, 0.1) is 10.7 Å². The van der Waals surface area contributed by atoms with Gasteiger partial charge in [-0.05, 0) is 12.8 Å². The van der Waals surface area contributed by atoms with Gasteiger partial charge in [-0.2, -0.15) is 0 Å². The van der Waals surface area contributed by atoms with Crippen molar-refractivity contribution in [2.24, 2.45) is 0 Å². The summed E-state index contributed by atoms with van der Waals surface area (Å²) in [6.45, 7) is 5.23. The zero-order chi connectivity index (χ0) is 13.2. The second kappa shape index (κ2) is 5.56. The van der Waals surface area contributed by atoms with Crippen LogP contribution in [0, 0.1) is 0 Å². The molecule has 6 heteroatoms. The van der Waals surface area contributed by atoms with Gasteiger partial charge in [0.2, 0.25) is 0 Å². The van der Waals surface area contributed by atoms with Crippen LogP contribution in [0.2, 0.25) is 0 Å². The molecule has 0 atom stereocenters. The number of piperazine rings is 1. The average molecular weight is 281 g/mol. The van der Waals surface area contributed by atoms with Gasteiger partial charge in [0.15, 0.2) is 0 Å². The molecule has 104 valence electrons. The monoisotopic (exact) mass is 281 g/mol. The van der Waals surface area contributed by atoms with E-state index in [2.05, 4.69) is 15.2 Å². The Morgan fingerprint density at radius 2 is 2.16 bits per heavy atom. The largest absolute Gasteiger partial charge is 0.477 e. The molecule has 19 heavy (non-hydrogen) atoms. The first-order chi connectivity index (χ1) is 9.24. The van der Waals surface area contributed by atoms with Crippen LogP contribution in [0.25, 0.3) is 0 Å². The summed E-state index contributed by atoms with van der Waals surface area (Å²) < 4.78 is 0. The number of rotatable bonds is 5. The summed E-state index contributed by atoms with van der Waals surface area (Å²) in [5.41, 5.74) is 0.841. The molecule has 5 nitrogen and oxygen atoms in total. The molecule has 1 aromatic rings. The Bertz CT molecular complexity index is 464. The molecule has 0 spiro atoms. The van der Waals surface area contributed by atoms with Crippen LogP contribution < -0.4 is 5.32 Å². The molecule has 2 heterocycles. The van der Waals surface area contributed by atoms with Crippen molar-refractivity contribution in [1.29, 1.82) is 0 Å². The highest BCUT2D eigenvalue weighted by atomic mass is 32.1. The summed E-state index contributed by atoms with van der Waals surface area (Å²) in [6.07, 6.45) is 3.07. The van der Waals surface area contributed by atoms with Crippen LogP contribution in [0.3, 0.4) is 0 Å². The first-order valence-corrected chi connectivity index (χ1v) is 7.71. The third kappa shape index (κ3) is 3.13. The second-order valence-electron chi connectivity index (χ2n) is 5.24. The fraction of sp³-hybridized carbons (Fsp3) is 0.692. The Morgan fingerprint density at radius 3 is 2.79 bits per heavy atom. The number of hydrogen-bond acceptors (Lipinski definition) is 5. The predicted octanol–water partition coefficient (Wildman–Crippen LogP) is 1.17. The highest BCUT2D eigenvalue weighted by Crippen LogP contribution is 2.42. The lowest BCUT2D eigenvalue weighted by molar-refractivity contribution is 0.0700. The number of aromatic carboxylic acids is 1. The van der Waals surface area contributed by atoms with Crippen molar-refractivity contribution in [1.82, 2.24) is 15.2 Å². The molecule has 3 rings (SSSR count). The SMILES string of the molecule is O=C(O)c1sc(CCN2CCNCC2)nc1C1CC1. The summed E-state index contributed by atoms with van der Waals surface area (Å²) in [7, 11) is 0. The van der Waals surface area contributed by atoms with Crippen molar-refractivity contribution in [2.75, 3.05) is 32.7 Å². The van der Waals surface area contributed by atoms with Crippen molar-refractivity contribution in [2.45, 2.75) is 25.2 Å². The normalized spacial score (nSPS) is 20.6. The quantitative estimate of drug-likeness (QED) is 0.848. The van der Waals surface area contributed by atoms with Gasteiger partial charge in [0.1, 0.15) is 4.88 Å². The van der Waals surface area contributed by atoms with Gasteiger partial charge in [-0.25, -0.2) is 9.78 Å². The molecule has 1 saturated carbocycles. The van der Waals surface area contributed by atoms with Crippen LogP contribution in [0.15, 0.2) is 0 Å². The molecule has 1 aliphatic carbocycles. The Labute approximate surface area is 116 Å². The lowest BCUT2D eigenvalue weighted by Gasteiger charge is -2.26. The van der Waals surface area contributed by atoms with Crippen molar-refractivity contribution >= 4 is 17.3 Å². The molecule has 0 bridgehead atoms. The predicted molar refractivity (Wildman–Crippen MR) is 74.1 cm³/mol. The molecular formula is C13H19N3O2S. The van der Waals surface area contributed by atoms with E-state index in [0.717, 1.165) is 62.7 Å². The molecule has 2 fully saturated rings. The van der Waals surface area contributed by atoms with Crippen molar-refractivity contribution in [3.63, 3.8) is 0 Å². The standard InChI is InChI=1S/C13H19N3O2S/c17-13(18)12-11(9-1-2-9)15-10(19-12)3-6-16-7-4-14-5-8-16/h9,14H,1-8H2,(H,17,18). The van der Waals surface area contributed by atoms with E-state index < -0.39 is 5.97 Å². The minimum atomic E-state index is -0.812. The molecule has 0 unspecified atom stereocenters. The van der Waals surface area contributed by atoms with Gasteiger partial charge in [0, 0.05) is 45.1 Å². The fourth-order valence-corrected chi connectivity index (χ4v) is 3.44. The molecule has 2 N–H and O–H groups in total. The second-order valence-corrected chi connectivity index (χ2v) is 6.33. The molecule has 1 aromatic heterocycles. The van der Waals surface area contributed by atoms with Gasteiger partial charge in [-0.15, -0.1) is 11.3 Å². The van der Waals surface area contributed by atoms with Crippen molar-refractivity contribution in [3.8, 4) is 0 Å². The topological polar surface area (TPSA) is 65.5 Å². The molecule has 0 amide bonds. The van der Waals surface area contributed by atoms with Gasteiger partial charge in [-0.1, -0.05) is 0 Å². The highest BCUT2D eigenvalue weighted by molar-refractivity contribution is 7.13. The molecule has 0 radical (unpaired) electrons. The maximum Gasteiger partial charge on any atom is 0.347 e. The zero-order valence-corrected chi connectivity index (χ0v) is 11.7. The Morgan fingerprint density at radius 1 is 1.42 bits per heavy atom. The number of carbonyl (C=O) groups is 1. The third-order valence-electron chi connectivity index (χ3n) is 3.71. The number of thiazole rings is 1. The Balaban J connectivity index is 1.63. The summed E-state index contributed by atoms with van der Waals surface area (Å²) in [6, 6.07) is 0. The summed E-state index contributed by atoms with van der Waals surface area (Å²) in [4.78, 5) is 18.7. The minimum Gasteiger partial charge on any atom is -0.477 e. The van der Waals surface area contributed by atoms with Gasteiger partial charge in [0.25, 0.3) is 0 Å². The van der Waals surface area contributed by atoms with E-state index in [4.69, 9.17) is 0 Å². The maximum atomic E-state index is 11.2. The molecule has 1 aliphatic heterocycles. The number of aromatic nitrogens is 1. The lowest BCUT2D eigenvalue weighted by atomic mass is 10.2. The number of carboxylic acid groups (broad SMARTS) is 1. The number of nitrogens with zero attached hydrogens (tertiary/aromatic N) is 2. The first kappa shape index (κ1) is 13.0. The van der Waals surface area contributed by atoms with Gasteiger partial charge in [-0.3, -0.25) is 0 Å². The molecule has 2 aliphatic rings. The van der Waals surface area contributed by atoms with Crippen LogP contribution in [-0.2, 0) is 6.42 Å². The maximum absolute atomic E-state index is 11.2.